The van der Waals surface area contributed by atoms with E-state index in [0.717, 1.165) is 13.2 Å². The van der Waals surface area contributed by atoms with Gasteiger partial charge in [0.2, 0.25) is 0 Å². The average molecular weight is 170 g/mol. The number of ether oxygens (including phenoxy) is 1. The predicted molar refractivity (Wildman–Crippen MR) is 48.3 cm³/mol. The van der Waals surface area contributed by atoms with Crippen LogP contribution in [-0.4, -0.2) is 61.8 Å². The van der Waals surface area contributed by atoms with Crippen molar-refractivity contribution < 1.29 is 4.74 Å². The van der Waals surface area contributed by atoms with Crippen molar-refractivity contribution in [2.75, 3.05) is 45.9 Å². The molecule has 0 spiro atoms. The molecule has 0 N–H and O–H groups in total. The first kappa shape index (κ1) is 8.48. The maximum Gasteiger partial charge on any atom is 0.0936 e. The zero-order valence-electron chi connectivity index (χ0n) is 7.83. The van der Waals surface area contributed by atoms with Gasteiger partial charge in [0, 0.05) is 32.7 Å². The van der Waals surface area contributed by atoms with E-state index in [1.807, 2.05) is 0 Å². The van der Waals surface area contributed by atoms with E-state index in [-0.39, 0.29) is 0 Å². The lowest BCUT2D eigenvalue weighted by atomic mass is 10.3. The maximum absolute atomic E-state index is 5.21. The first-order valence-corrected chi connectivity index (χ1v) is 4.95. The summed E-state index contributed by atoms with van der Waals surface area (Å²) in [6.07, 6.45) is 0.568. The molecule has 0 saturated carbocycles. The molecule has 2 heterocycles. The van der Waals surface area contributed by atoms with Gasteiger partial charge in [0.25, 0.3) is 0 Å². The lowest BCUT2D eigenvalue weighted by Gasteiger charge is -2.33. The van der Waals surface area contributed by atoms with Gasteiger partial charge in [-0.3, -0.25) is 4.90 Å². The minimum atomic E-state index is 0.568. The summed E-state index contributed by atoms with van der Waals surface area (Å²) in [6.45, 7) is 10.5. The van der Waals surface area contributed by atoms with Crippen molar-refractivity contribution in [3.63, 3.8) is 0 Å². The maximum atomic E-state index is 5.21. The molecule has 0 amide bonds. The van der Waals surface area contributed by atoms with Crippen molar-refractivity contribution in [1.82, 2.24) is 9.80 Å². The van der Waals surface area contributed by atoms with Crippen molar-refractivity contribution in [1.29, 1.82) is 0 Å². The first-order valence-electron chi connectivity index (χ1n) is 4.95. The van der Waals surface area contributed by atoms with Gasteiger partial charge < -0.3 is 9.64 Å². The van der Waals surface area contributed by atoms with Crippen molar-refractivity contribution in [2.45, 2.75) is 13.0 Å². The van der Waals surface area contributed by atoms with Crippen LogP contribution in [0.5, 0.6) is 0 Å². The smallest absolute Gasteiger partial charge is 0.0936 e. The second kappa shape index (κ2) is 3.73. The number of hydrogen-bond donors (Lipinski definition) is 0. The molecule has 0 bridgehead atoms. The normalized spacial score (nSPS) is 32.2. The van der Waals surface area contributed by atoms with Crippen LogP contribution in [0.4, 0.5) is 0 Å². The molecular weight excluding hydrogens is 152 g/mol. The second-order valence-corrected chi connectivity index (χ2v) is 3.69. The van der Waals surface area contributed by atoms with Gasteiger partial charge in [-0.1, -0.05) is 6.92 Å². The van der Waals surface area contributed by atoms with Crippen LogP contribution in [0, 0.1) is 0 Å². The van der Waals surface area contributed by atoms with Gasteiger partial charge in [-0.2, -0.15) is 0 Å². The standard InChI is InChI=1S/C9H18N2O/c1-2-10-3-5-11(6-4-10)7-9-8-12-9/h9H,2-8H2,1H3/t9-/m1/s1. The van der Waals surface area contributed by atoms with E-state index in [1.54, 1.807) is 0 Å². The first-order chi connectivity index (χ1) is 5.88. The van der Waals surface area contributed by atoms with Crippen LogP contribution in [0.15, 0.2) is 0 Å². The van der Waals surface area contributed by atoms with E-state index in [2.05, 4.69) is 16.7 Å². The minimum absolute atomic E-state index is 0.568. The van der Waals surface area contributed by atoms with E-state index in [0.29, 0.717) is 6.10 Å². The molecule has 2 saturated heterocycles. The Balaban J connectivity index is 1.66. The molecule has 3 heteroatoms. The number of likely N-dealkylation sites (N-methyl/N-ethyl adjacent to an activating group) is 1. The van der Waals surface area contributed by atoms with Gasteiger partial charge >= 0.3 is 0 Å². The molecule has 1 atom stereocenters. The van der Waals surface area contributed by atoms with Crippen LogP contribution in [0.3, 0.4) is 0 Å². The van der Waals surface area contributed by atoms with Crippen LogP contribution in [0.1, 0.15) is 6.92 Å². The summed E-state index contributed by atoms with van der Waals surface area (Å²) in [5, 5.41) is 0. The zero-order valence-corrected chi connectivity index (χ0v) is 7.83. The van der Waals surface area contributed by atoms with Crippen LogP contribution in [0.2, 0.25) is 0 Å². The molecule has 70 valence electrons. The number of piperazine rings is 1. The SMILES string of the molecule is CCN1CCN(C[C@@H]2CO2)CC1. The topological polar surface area (TPSA) is 19.0 Å². The van der Waals surface area contributed by atoms with E-state index in [4.69, 9.17) is 4.74 Å². The Kier molecular flexibility index (Phi) is 2.63. The van der Waals surface area contributed by atoms with Gasteiger partial charge in [-0.25, -0.2) is 0 Å². The summed E-state index contributed by atoms with van der Waals surface area (Å²) in [4.78, 5) is 5.02. The van der Waals surface area contributed by atoms with Crippen molar-refractivity contribution >= 4 is 0 Å². The molecule has 0 unspecified atom stereocenters. The quantitative estimate of drug-likeness (QED) is 0.557. The third-order valence-electron chi connectivity index (χ3n) is 2.78. The molecule has 2 fully saturated rings. The fraction of sp³-hybridized carbons (Fsp3) is 1.00. The highest BCUT2D eigenvalue weighted by atomic mass is 16.6. The number of nitrogens with zero attached hydrogens (tertiary/aromatic N) is 2. The lowest BCUT2D eigenvalue weighted by molar-refractivity contribution is 0.129. The van der Waals surface area contributed by atoms with Gasteiger partial charge in [-0.15, -0.1) is 0 Å². The van der Waals surface area contributed by atoms with E-state index < -0.39 is 0 Å². The largest absolute Gasteiger partial charge is 0.372 e. The lowest BCUT2D eigenvalue weighted by Crippen LogP contribution is -2.47. The summed E-state index contributed by atoms with van der Waals surface area (Å²) >= 11 is 0. The Morgan fingerprint density at radius 2 is 1.75 bits per heavy atom. The highest BCUT2D eigenvalue weighted by Gasteiger charge is 2.26. The molecule has 0 aliphatic carbocycles. The number of rotatable bonds is 3. The fourth-order valence-electron chi connectivity index (χ4n) is 1.75. The van der Waals surface area contributed by atoms with Gasteiger partial charge in [0.15, 0.2) is 0 Å². The van der Waals surface area contributed by atoms with Crippen LogP contribution >= 0.6 is 0 Å². The predicted octanol–water partition coefficient (Wildman–Crippen LogP) is 0.0227. The van der Waals surface area contributed by atoms with Crippen LogP contribution < -0.4 is 0 Å². The van der Waals surface area contributed by atoms with Gasteiger partial charge in [0.05, 0.1) is 12.7 Å². The van der Waals surface area contributed by atoms with E-state index >= 15 is 0 Å². The minimum Gasteiger partial charge on any atom is -0.372 e. The summed E-state index contributed by atoms with van der Waals surface area (Å²) in [7, 11) is 0. The molecule has 3 nitrogen and oxygen atoms in total. The Morgan fingerprint density at radius 1 is 1.17 bits per heavy atom. The highest BCUT2D eigenvalue weighted by Crippen LogP contribution is 2.12. The molecule has 2 aliphatic rings. The molecular formula is C9H18N2O. The van der Waals surface area contributed by atoms with E-state index in [9.17, 15) is 0 Å². The third-order valence-corrected chi connectivity index (χ3v) is 2.78. The zero-order chi connectivity index (χ0) is 8.39. The van der Waals surface area contributed by atoms with Crippen LogP contribution in [-0.2, 0) is 4.74 Å². The number of hydrogen-bond acceptors (Lipinski definition) is 3. The Labute approximate surface area is 74.3 Å². The molecule has 0 aromatic heterocycles. The second-order valence-electron chi connectivity index (χ2n) is 3.69. The third kappa shape index (κ3) is 2.19. The van der Waals surface area contributed by atoms with Crippen LogP contribution in [0.25, 0.3) is 0 Å². The molecule has 0 aromatic carbocycles. The van der Waals surface area contributed by atoms with Crippen molar-refractivity contribution in [3.8, 4) is 0 Å². The van der Waals surface area contributed by atoms with Gasteiger partial charge in [-0.05, 0) is 6.54 Å². The van der Waals surface area contributed by atoms with Crippen molar-refractivity contribution in [3.05, 3.63) is 0 Å². The fourth-order valence-corrected chi connectivity index (χ4v) is 1.75. The molecule has 12 heavy (non-hydrogen) atoms. The highest BCUT2D eigenvalue weighted by molar-refractivity contribution is 4.78. The molecule has 0 radical (unpaired) electrons. The number of epoxide rings is 1. The molecule has 2 rings (SSSR count). The summed E-state index contributed by atoms with van der Waals surface area (Å²) in [5.74, 6) is 0. The molecule has 0 aromatic rings. The Bertz CT molecular complexity index is 139. The molecule has 2 aliphatic heterocycles. The average Bonchev–Trinajstić information content (AvgIpc) is 2.90. The monoisotopic (exact) mass is 170 g/mol. The van der Waals surface area contributed by atoms with Crippen molar-refractivity contribution in [2.24, 2.45) is 0 Å². The van der Waals surface area contributed by atoms with Gasteiger partial charge in [0.1, 0.15) is 0 Å². The summed E-state index contributed by atoms with van der Waals surface area (Å²) in [6, 6.07) is 0. The summed E-state index contributed by atoms with van der Waals surface area (Å²) < 4.78 is 5.21. The Hall–Kier alpha value is -0.120. The Morgan fingerprint density at radius 3 is 2.25 bits per heavy atom. The summed E-state index contributed by atoms with van der Waals surface area (Å²) in [5.41, 5.74) is 0. The van der Waals surface area contributed by atoms with E-state index in [1.165, 1.54) is 32.7 Å².